The zero-order valence-corrected chi connectivity index (χ0v) is 13.1. The standard InChI is InChI=1S/C21H15NO2/c23-19-12-13-6-1-3-10-17(13)22-18-11-4-2-7-14(18)21(24)16-9-5-8-15(19)20(16)22/h1-4,6-7,9-11H,5,8,12H2. The van der Waals surface area contributed by atoms with Crippen LogP contribution in [0.4, 0.5) is 0 Å². The second kappa shape index (κ2) is 4.78. The number of benzene rings is 2. The summed E-state index contributed by atoms with van der Waals surface area (Å²) in [6, 6.07) is 15.7. The minimum Gasteiger partial charge on any atom is -0.308 e. The Hall–Kier alpha value is -2.94. The molecule has 2 aromatic carbocycles. The fourth-order valence-electron chi connectivity index (χ4n) is 4.00. The Bertz CT molecular complexity index is 1210. The lowest BCUT2D eigenvalue weighted by molar-refractivity contribution is -0.113. The highest BCUT2D eigenvalue weighted by Gasteiger charge is 2.24. The van der Waals surface area contributed by atoms with Crippen molar-refractivity contribution in [1.82, 2.24) is 4.57 Å². The Morgan fingerprint density at radius 2 is 1.71 bits per heavy atom. The van der Waals surface area contributed by atoms with Crippen molar-refractivity contribution in [3.05, 3.63) is 74.9 Å². The summed E-state index contributed by atoms with van der Waals surface area (Å²) in [6.45, 7) is 0. The summed E-state index contributed by atoms with van der Waals surface area (Å²) in [5.74, 6) is 0.137. The van der Waals surface area contributed by atoms with E-state index in [-0.39, 0.29) is 11.2 Å². The van der Waals surface area contributed by atoms with Gasteiger partial charge in [0, 0.05) is 28.3 Å². The van der Waals surface area contributed by atoms with E-state index in [9.17, 15) is 9.59 Å². The van der Waals surface area contributed by atoms with Gasteiger partial charge in [0.2, 0.25) is 0 Å². The van der Waals surface area contributed by atoms with Crippen molar-refractivity contribution in [1.29, 1.82) is 0 Å². The number of hydrogen-bond acceptors (Lipinski definition) is 2. The molecule has 24 heavy (non-hydrogen) atoms. The van der Waals surface area contributed by atoms with Gasteiger partial charge >= 0.3 is 0 Å². The van der Waals surface area contributed by atoms with Crippen LogP contribution in [0.5, 0.6) is 0 Å². The van der Waals surface area contributed by atoms with Gasteiger partial charge in [-0.3, -0.25) is 9.59 Å². The summed E-state index contributed by atoms with van der Waals surface area (Å²) < 4.78 is 2.12. The fourth-order valence-corrected chi connectivity index (χ4v) is 4.00. The summed E-state index contributed by atoms with van der Waals surface area (Å²) in [6.07, 6.45) is 3.84. The zero-order valence-electron chi connectivity index (χ0n) is 13.1. The number of aromatic nitrogens is 1. The fraction of sp³-hybridized carbons (Fsp3) is 0.143. The molecule has 1 aromatic heterocycles. The maximum absolute atomic E-state index is 13.0. The SMILES string of the molecule is O=C1Cc2ccccc2-n2c3c(c(=O)c4ccccc42)=CCCC=31. The third-order valence-corrected chi connectivity index (χ3v) is 5.06. The average molecular weight is 313 g/mol. The van der Waals surface area contributed by atoms with E-state index in [0.717, 1.165) is 34.1 Å². The molecule has 0 spiro atoms. The van der Waals surface area contributed by atoms with Crippen LogP contribution >= 0.6 is 0 Å². The molecular formula is C21H15NO2. The number of ketones is 1. The van der Waals surface area contributed by atoms with Gasteiger partial charge in [-0.2, -0.15) is 0 Å². The van der Waals surface area contributed by atoms with Gasteiger partial charge in [-0.25, -0.2) is 0 Å². The number of carbonyl (C=O) groups excluding carboxylic acids is 1. The van der Waals surface area contributed by atoms with Crippen molar-refractivity contribution in [2.75, 3.05) is 0 Å². The van der Waals surface area contributed by atoms with E-state index in [2.05, 4.69) is 4.57 Å². The molecule has 1 aliphatic carbocycles. The van der Waals surface area contributed by atoms with E-state index in [1.165, 1.54) is 0 Å². The highest BCUT2D eigenvalue weighted by Crippen LogP contribution is 2.24. The third kappa shape index (κ3) is 1.67. The molecule has 2 heterocycles. The third-order valence-electron chi connectivity index (χ3n) is 5.06. The number of Topliss-reactive ketones (excluding diaryl/α,β-unsaturated/α-hetero) is 1. The van der Waals surface area contributed by atoms with Gasteiger partial charge in [-0.15, -0.1) is 0 Å². The molecule has 0 unspecified atom stereocenters. The second-order valence-corrected chi connectivity index (χ2v) is 6.39. The number of nitrogens with zero attached hydrogens (tertiary/aromatic N) is 1. The summed E-state index contributed by atoms with van der Waals surface area (Å²) in [4.78, 5) is 25.8. The van der Waals surface area contributed by atoms with Crippen LogP contribution in [0.15, 0.2) is 53.3 Å². The lowest BCUT2D eigenvalue weighted by Gasteiger charge is -2.16. The molecule has 0 N–H and O–H groups in total. The Labute approximate surface area is 138 Å². The first-order valence-electron chi connectivity index (χ1n) is 8.24. The minimum absolute atomic E-state index is 0.0289. The molecule has 5 rings (SSSR count). The monoisotopic (exact) mass is 313 g/mol. The first-order valence-corrected chi connectivity index (χ1v) is 8.24. The van der Waals surface area contributed by atoms with Crippen molar-refractivity contribution in [3.63, 3.8) is 0 Å². The molecule has 0 saturated heterocycles. The van der Waals surface area contributed by atoms with E-state index in [1.54, 1.807) is 0 Å². The molecule has 0 saturated carbocycles. The number of para-hydroxylation sites is 2. The van der Waals surface area contributed by atoms with Crippen LogP contribution in [0.25, 0.3) is 28.2 Å². The van der Waals surface area contributed by atoms with Gasteiger partial charge in [0.05, 0.1) is 10.9 Å². The molecule has 3 nitrogen and oxygen atoms in total. The first-order chi connectivity index (χ1) is 11.8. The minimum atomic E-state index is 0.0289. The van der Waals surface area contributed by atoms with Crippen molar-refractivity contribution < 1.29 is 4.79 Å². The van der Waals surface area contributed by atoms with Crippen LogP contribution < -0.4 is 16.0 Å². The van der Waals surface area contributed by atoms with E-state index in [1.807, 2.05) is 54.6 Å². The molecule has 2 aliphatic rings. The van der Waals surface area contributed by atoms with E-state index in [4.69, 9.17) is 0 Å². The van der Waals surface area contributed by atoms with Gasteiger partial charge in [-0.1, -0.05) is 36.4 Å². The summed E-state index contributed by atoms with van der Waals surface area (Å²) >= 11 is 0. The quantitative estimate of drug-likeness (QED) is 0.635. The van der Waals surface area contributed by atoms with Gasteiger partial charge in [0.15, 0.2) is 11.2 Å². The predicted molar refractivity (Wildman–Crippen MR) is 94.6 cm³/mol. The van der Waals surface area contributed by atoms with Gasteiger partial charge < -0.3 is 4.57 Å². The number of carbonyl (C=O) groups is 1. The number of fused-ring (bicyclic) bond motifs is 4. The lowest BCUT2D eigenvalue weighted by Crippen LogP contribution is -2.48. The van der Waals surface area contributed by atoms with E-state index >= 15 is 0 Å². The van der Waals surface area contributed by atoms with Crippen molar-refractivity contribution in [2.24, 2.45) is 0 Å². The van der Waals surface area contributed by atoms with Crippen LogP contribution in [-0.4, -0.2) is 10.4 Å². The summed E-state index contributed by atoms with van der Waals surface area (Å²) in [7, 11) is 0. The number of rotatable bonds is 0. The Morgan fingerprint density at radius 1 is 0.917 bits per heavy atom. The van der Waals surface area contributed by atoms with Crippen molar-refractivity contribution in [2.45, 2.75) is 19.3 Å². The predicted octanol–water partition coefficient (Wildman–Crippen LogP) is 1.84. The number of hydrogen-bond donors (Lipinski definition) is 0. The molecule has 3 heteroatoms. The molecule has 1 aliphatic heterocycles. The maximum Gasteiger partial charge on any atom is 0.196 e. The lowest BCUT2D eigenvalue weighted by atomic mass is 9.96. The molecule has 0 amide bonds. The Morgan fingerprint density at radius 3 is 2.62 bits per heavy atom. The Kier molecular flexibility index (Phi) is 2.69. The first kappa shape index (κ1) is 13.5. The topological polar surface area (TPSA) is 39.1 Å². The van der Waals surface area contributed by atoms with Gasteiger partial charge in [-0.05, 0) is 36.6 Å². The van der Waals surface area contributed by atoms with E-state index < -0.39 is 0 Å². The van der Waals surface area contributed by atoms with Crippen molar-refractivity contribution in [3.8, 4) is 5.69 Å². The average Bonchev–Trinajstić information content (AvgIpc) is 2.75. The Balaban J connectivity index is 2.18. The number of pyridine rings is 1. The molecular weight excluding hydrogens is 298 g/mol. The molecule has 3 aromatic rings. The molecule has 0 bridgehead atoms. The van der Waals surface area contributed by atoms with Crippen LogP contribution in [0.1, 0.15) is 18.4 Å². The van der Waals surface area contributed by atoms with Crippen molar-refractivity contribution >= 4 is 28.3 Å². The van der Waals surface area contributed by atoms with E-state index in [0.29, 0.717) is 23.4 Å². The summed E-state index contributed by atoms with van der Waals surface area (Å²) in [5, 5.41) is 2.19. The smallest absolute Gasteiger partial charge is 0.196 e. The second-order valence-electron chi connectivity index (χ2n) is 6.39. The highest BCUT2D eigenvalue weighted by molar-refractivity contribution is 6.16. The van der Waals surface area contributed by atoms with Crippen LogP contribution in [0.2, 0.25) is 0 Å². The van der Waals surface area contributed by atoms with Gasteiger partial charge in [0.25, 0.3) is 0 Å². The molecule has 0 fully saturated rings. The maximum atomic E-state index is 13.0. The normalized spacial score (nSPS) is 15.5. The molecule has 0 radical (unpaired) electrons. The van der Waals surface area contributed by atoms with Crippen LogP contribution in [0.3, 0.4) is 0 Å². The zero-order chi connectivity index (χ0) is 16.3. The van der Waals surface area contributed by atoms with Gasteiger partial charge in [0.1, 0.15) is 0 Å². The highest BCUT2D eigenvalue weighted by atomic mass is 16.1. The summed E-state index contributed by atoms with van der Waals surface area (Å²) in [5.41, 5.74) is 3.72. The molecule has 0 atom stereocenters. The molecule has 116 valence electrons. The van der Waals surface area contributed by atoms with Crippen LogP contribution in [-0.2, 0) is 11.2 Å². The van der Waals surface area contributed by atoms with Crippen LogP contribution in [0, 0.1) is 0 Å². The largest absolute Gasteiger partial charge is 0.308 e.